The first-order chi connectivity index (χ1) is 19.6. The highest BCUT2D eigenvalue weighted by Crippen LogP contribution is 2.35. The van der Waals surface area contributed by atoms with E-state index in [2.05, 4.69) is 36.4 Å². The zero-order valence-corrected chi connectivity index (χ0v) is 23.1. The van der Waals surface area contributed by atoms with Crippen LogP contribution in [0.2, 0.25) is 0 Å². The predicted octanol–water partition coefficient (Wildman–Crippen LogP) is 6.35. The summed E-state index contributed by atoms with van der Waals surface area (Å²) in [5, 5.41) is 11.9. The monoisotopic (exact) mass is 549 g/mol. The molecule has 1 N–H and O–H groups in total. The normalized spacial score (nSPS) is 22.2. The maximum Gasteiger partial charge on any atom is 0.407 e. The lowest BCUT2D eigenvalue weighted by Crippen LogP contribution is -2.46. The van der Waals surface area contributed by atoms with Gasteiger partial charge in [-0.2, -0.15) is 0 Å². The number of likely N-dealkylation sites (tertiary alicyclic amines) is 1. The summed E-state index contributed by atoms with van der Waals surface area (Å²) in [5.41, 5.74) is 1.99. The van der Waals surface area contributed by atoms with Gasteiger partial charge in [0.15, 0.2) is 12.6 Å². The Labute approximate surface area is 235 Å². The molecule has 2 fully saturated rings. The van der Waals surface area contributed by atoms with Crippen LogP contribution >= 0.6 is 0 Å². The van der Waals surface area contributed by atoms with E-state index in [-0.39, 0.29) is 24.9 Å². The number of methoxy groups -OCH3 is 1. The van der Waals surface area contributed by atoms with E-state index in [1.54, 1.807) is 7.11 Å². The summed E-state index contributed by atoms with van der Waals surface area (Å²) >= 11 is 0. The molecule has 1 unspecified atom stereocenters. The first kappa shape index (κ1) is 28.4. The van der Waals surface area contributed by atoms with Gasteiger partial charge < -0.3 is 33.7 Å². The highest BCUT2D eigenvalue weighted by atomic mass is 16.7. The van der Waals surface area contributed by atoms with Crippen molar-refractivity contribution in [3.63, 3.8) is 0 Å². The summed E-state index contributed by atoms with van der Waals surface area (Å²) < 4.78 is 29.6. The standard InChI is InChI=1S/C32H39NO7/c1-36-31(26-11-10-23-7-2-3-8-25(23)21-26)40-29-22-33(32(34)35)17-16-28(29)24-12-14-27(15-13-24)37-19-6-20-39-30-9-4-5-18-38-30/h2-3,7-8,10-15,21,28-31H,4-6,9,16-20,22H2,1H3,(H,34,35)/t28-,29+,30-,31?/m1/s1. The zero-order chi connectivity index (χ0) is 27.7. The Balaban J connectivity index is 1.21. The van der Waals surface area contributed by atoms with E-state index in [1.165, 1.54) is 4.90 Å². The second kappa shape index (κ2) is 13.9. The third kappa shape index (κ3) is 7.31. The van der Waals surface area contributed by atoms with E-state index < -0.39 is 12.4 Å². The fourth-order valence-corrected chi connectivity index (χ4v) is 5.51. The van der Waals surface area contributed by atoms with Crippen LogP contribution in [0.25, 0.3) is 10.8 Å². The molecule has 2 heterocycles. The largest absolute Gasteiger partial charge is 0.494 e. The van der Waals surface area contributed by atoms with Crippen LogP contribution in [0, 0.1) is 0 Å². The van der Waals surface area contributed by atoms with Crippen LogP contribution in [-0.2, 0) is 18.9 Å². The lowest BCUT2D eigenvalue weighted by atomic mass is 9.87. The van der Waals surface area contributed by atoms with Crippen molar-refractivity contribution in [3.8, 4) is 5.75 Å². The van der Waals surface area contributed by atoms with Crippen molar-refractivity contribution in [1.82, 2.24) is 4.90 Å². The molecule has 2 saturated heterocycles. The van der Waals surface area contributed by atoms with Gasteiger partial charge in [-0.15, -0.1) is 0 Å². The maximum atomic E-state index is 11.8. The van der Waals surface area contributed by atoms with Gasteiger partial charge in [0.1, 0.15) is 5.75 Å². The molecule has 214 valence electrons. The van der Waals surface area contributed by atoms with Crippen molar-refractivity contribution in [3.05, 3.63) is 77.9 Å². The van der Waals surface area contributed by atoms with Crippen molar-refractivity contribution in [2.45, 2.75) is 56.7 Å². The molecule has 8 nitrogen and oxygen atoms in total. The van der Waals surface area contributed by atoms with Crippen LogP contribution < -0.4 is 4.74 Å². The first-order valence-electron chi connectivity index (χ1n) is 14.2. The van der Waals surface area contributed by atoms with Crippen LogP contribution in [0.5, 0.6) is 5.75 Å². The Morgan fingerprint density at radius 1 is 1.02 bits per heavy atom. The third-order valence-electron chi connectivity index (χ3n) is 7.70. The fraction of sp³-hybridized carbons (Fsp3) is 0.469. The minimum atomic E-state index is -0.936. The van der Waals surface area contributed by atoms with E-state index in [0.717, 1.165) is 59.9 Å². The molecule has 3 aromatic rings. The number of nitrogens with zero attached hydrogens (tertiary/aromatic N) is 1. The first-order valence-corrected chi connectivity index (χ1v) is 14.2. The Morgan fingerprint density at radius 2 is 1.85 bits per heavy atom. The number of benzene rings is 3. The average molecular weight is 550 g/mol. The molecule has 0 aliphatic carbocycles. The summed E-state index contributed by atoms with van der Waals surface area (Å²) in [7, 11) is 1.62. The second-order valence-electron chi connectivity index (χ2n) is 10.4. The lowest BCUT2D eigenvalue weighted by Gasteiger charge is -2.39. The van der Waals surface area contributed by atoms with Crippen LogP contribution in [0.3, 0.4) is 0 Å². The summed E-state index contributed by atoms with van der Waals surface area (Å²) in [6.45, 7) is 2.69. The fourth-order valence-electron chi connectivity index (χ4n) is 5.51. The van der Waals surface area contributed by atoms with Crippen molar-refractivity contribution in [2.24, 2.45) is 0 Å². The molecule has 0 radical (unpaired) electrons. The van der Waals surface area contributed by atoms with Crippen LogP contribution in [0.1, 0.15) is 55.4 Å². The zero-order valence-electron chi connectivity index (χ0n) is 23.1. The van der Waals surface area contributed by atoms with Crippen molar-refractivity contribution < 1.29 is 33.6 Å². The number of carbonyl (C=O) groups is 1. The molecule has 40 heavy (non-hydrogen) atoms. The second-order valence-corrected chi connectivity index (χ2v) is 10.4. The molecule has 5 rings (SSSR count). The topological polar surface area (TPSA) is 86.7 Å². The number of hydrogen-bond acceptors (Lipinski definition) is 6. The molecule has 0 spiro atoms. The van der Waals surface area contributed by atoms with Crippen molar-refractivity contribution >= 4 is 16.9 Å². The quantitative estimate of drug-likeness (QED) is 0.220. The van der Waals surface area contributed by atoms with Gasteiger partial charge in [0.2, 0.25) is 0 Å². The number of piperidine rings is 1. The number of carboxylic acid groups (broad SMARTS) is 1. The molecule has 2 aliphatic rings. The Bertz CT molecular complexity index is 1230. The molecular weight excluding hydrogens is 510 g/mol. The van der Waals surface area contributed by atoms with Crippen LogP contribution in [-0.4, -0.2) is 68.5 Å². The SMILES string of the molecule is COC(O[C@H]1CN(C(=O)O)CC[C@@H]1c1ccc(OCCCO[C@@H]2CCCCO2)cc1)c1ccc2ccccc2c1. The average Bonchev–Trinajstić information content (AvgIpc) is 3.00. The minimum absolute atomic E-state index is 0.0200. The summed E-state index contributed by atoms with van der Waals surface area (Å²) in [6, 6.07) is 22.3. The molecule has 3 aromatic carbocycles. The molecule has 0 bridgehead atoms. The van der Waals surface area contributed by atoms with E-state index in [4.69, 9.17) is 23.7 Å². The third-order valence-corrected chi connectivity index (χ3v) is 7.70. The van der Waals surface area contributed by atoms with E-state index in [1.807, 2.05) is 30.3 Å². The highest BCUT2D eigenvalue weighted by molar-refractivity contribution is 5.83. The van der Waals surface area contributed by atoms with Gasteiger partial charge in [0.25, 0.3) is 0 Å². The number of amides is 1. The number of ether oxygens (including phenoxy) is 5. The number of fused-ring (bicyclic) bond motifs is 1. The van der Waals surface area contributed by atoms with E-state index >= 15 is 0 Å². The molecule has 8 heteroatoms. The highest BCUT2D eigenvalue weighted by Gasteiger charge is 2.35. The minimum Gasteiger partial charge on any atom is -0.494 e. The lowest BCUT2D eigenvalue weighted by molar-refractivity contribution is -0.174. The summed E-state index contributed by atoms with van der Waals surface area (Å²) in [6.07, 6.45) is 2.69. The van der Waals surface area contributed by atoms with Gasteiger partial charge in [-0.25, -0.2) is 4.79 Å². The van der Waals surface area contributed by atoms with E-state index in [9.17, 15) is 9.90 Å². The van der Waals surface area contributed by atoms with Gasteiger partial charge in [0, 0.05) is 38.2 Å². The molecular formula is C32H39NO7. The molecule has 0 saturated carbocycles. The van der Waals surface area contributed by atoms with Crippen molar-refractivity contribution in [2.75, 3.05) is 40.0 Å². The smallest absolute Gasteiger partial charge is 0.407 e. The van der Waals surface area contributed by atoms with Gasteiger partial charge in [-0.05, 0) is 60.2 Å². The molecule has 2 aliphatic heterocycles. The molecule has 0 aromatic heterocycles. The van der Waals surface area contributed by atoms with Gasteiger partial charge in [0.05, 0.1) is 25.9 Å². The summed E-state index contributed by atoms with van der Waals surface area (Å²) in [5.74, 6) is 0.815. The summed E-state index contributed by atoms with van der Waals surface area (Å²) in [4.78, 5) is 13.2. The van der Waals surface area contributed by atoms with Gasteiger partial charge >= 0.3 is 6.09 Å². The Morgan fingerprint density at radius 3 is 2.60 bits per heavy atom. The Hall–Kier alpha value is -3.17. The number of rotatable bonds is 11. The molecule has 4 atom stereocenters. The predicted molar refractivity (Wildman–Crippen MR) is 152 cm³/mol. The number of hydrogen-bond donors (Lipinski definition) is 1. The van der Waals surface area contributed by atoms with Crippen LogP contribution in [0.4, 0.5) is 4.79 Å². The van der Waals surface area contributed by atoms with Crippen LogP contribution in [0.15, 0.2) is 66.7 Å². The van der Waals surface area contributed by atoms with Gasteiger partial charge in [-0.3, -0.25) is 0 Å². The maximum absolute atomic E-state index is 11.8. The van der Waals surface area contributed by atoms with E-state index in [0.29, 0.717) is 26.2 Å². The Kier molecular flexibility index (Phi) is 9.89. The van der Waals surface area contributed by atoms with Crippen molar-refractivity contribution in [1.29, 1.82) is 0 Å². The molecule has 1 amide bonds. The van der Waals surface area contributed by atoms with Gasteiger partial charge in [-0.1, -0.05) is 48.5 Å².